The molecule has 1 aliphatic rings. The van der Waals surface area contributed by atoms with Crippen molar-refractivity contribution >= 4 is 0 Å². The summed E-state index contributed by atoms with van der Waals surface area (Å²) in [5.74, 6) is 1.01. The van der Waals surface area contributed by atoms with Crippen LogP contribution in [0.4, 0.5) is 0 Å². The molecule has 0 aromatic carbocycles. The summed E-state index contributed by atoms with van der Waals surface area (Å²) in [6.45, 7) is 10.5. The molecule has 0 amide bonds. The van der Waals surface area contributed by atoms with E-state index in [0.29, 0.717) is 5.54 Å². The fourth-order valence-electron chi connectivity index (χ4n) is 1.49. The van der Waals surface area contributed by atoms with Gasteiger partial charge >= 0.3 is 0 Å². The van der Waals surface area contributed by atoms with Crippen molar-refractivity contribution in [1.29, 1.82) is 0 Å². The number of likely N-dealkylation sites (N-methyl/N-ethyl adjacent to an activating group) is 2. The molecule has 2 nitrogen and oxygen atoms in total. The van der Waals surface area contributed by atoms with Gasteiger partial charge in [0.05, 0.1) is 0 Å². The van der Waals surface area contributed by atoms with Crippen LogP contribution in [0.2, 0.25) is 0 Å². The smallest absolute Gasteiger partial charge is 0.0122 e. The fraction of sp³-hybridized carbons (Fsp3) is 1.00. The highest BCUT2D eigenvalue weighted by Gasteiger charge is 2.23. The predicted molar refractivity (Wildman–Crippen MR) is 62.6 cm³/mol. The summed E-state index contributed by atoms with van der Waals surface area (Å²) in [6.07, 6.45) is 2.92. The van der Waals surface area contributed by atoms with Gasteiger partial charge in [-0.05, 0) is 53.6 Å². The van der Waals surface area contributed by atoms with Crippen molar-refractivity contribution in [3.8, 4) is 0 Å². The van der Waals surface area contributed by atoms with Gasteiger partial charge in [-0.15, -0.1) is 0 Å². The van der Waals surface area contributed by atoms with E-state index in [1.807, 2.05) is 0 Å². The van der Waals surface area contributed by atoms with E-state index < -0.39 is 0 Å². The number of hydrogen-bond acceptors (Lipinski definition) is 2. The third-order valence-electron chi connectivity index (χ3n) is 3.23. The molecule has 0 bridgehead atoms. The average molecular weight is 198 g/mol. The van der Waals surface area contributed by atoms with E-state index in [9.17, 15) is 0 Å². The lowest BCUT2D eigenvalue weighted by Crippen LogP contribution is -2.42. The highest BCUT2D eigenvalue weighted by Crippen LogP contribution is 2.29. The Kier molecular flexibility index (Phi) is 3.96. The van der Waals surface area contributed by atoms with Crippen molar-refractivity contribution in [2.75, 3.05) is 33.7 Å². The van der Waals surface area contributed by atoms with Crippen LogP contribution in [0.3, 0.4) is 0 Å². The molecule has 0 spiro atoms. The van der Waals surface area contributed by atoms with Crippen molar-refractivity contribution in [2.24, 2.45) is 5.92 Å². The maximum Gasteiger partial charge on any atom is 0.0122 e. The zero-order valence-electron chi connectivity index (χ0n) is 10.5. The van der Waals surface area contributed by atoms with Crippen molar-refractivity contribution in [2.45, 2.75) is 39.2 Å². The van der Waals surface area contributed by atoms with E-state index >= 15 is 0 Å². The molecule has 0 atom stereocenters. The molecule has 0 unspecified atom stereocenters. The fourth-order valence-corrected chi connectivity index (χ4v) is 1.49. The first-order chi connectivity index (χ1) is 6.39. The molecule has 1 saturated carbocycles. The van der Waals surface area contributed by atoms with Gasteiger partial charge in [0, 0.05) is 25.2 Å². The van der Waals surface area contributed by atoms with Gasteiger partial charge in [0.25, 0.3) is 0 Å². The van der Waals surface area contributed by atoms with Crippen LogP contribution >= 0.6 is 0 Å². The summed E-state index contributed by atoms with van der Waals surface area (Å²) in [5.41, 5.74) is 0.306. The maximum absolute atomic E-state index is 2.47. The van der Waals surface area contributed by atoms with Gasteiger partial charge in [-0.3, -0.25) is 0 Å². The van der Waals surface area contributed by atoms with E-state index in [-0.39, 0.29) is 0 Å². The normalized spacial score (nSPS) is 18.2. The van der Waals surface area contributed by atoms with Crippen LogP contribution < -0.4 is 0 Å². The lowest BCUT2D eigenvalue weighted by atomic mass is 10.1. The first kappa shape index (κ1) is 12.0. The van der Waals surface area contributed by atoms with E-state index in [2.05, 4.69) is 44.7 Å². The molecule has 0 aliphatic heterocycles. The second-order valence-corrected chi connectivity index (χ2v) is 5.80. The summed E-state index contributed by atoms with van der Waals surface area (Å²) >= 11 is 0. The standard InChI is InChI=1S/C12H26N2/c1-12(2,3)14(5)9-8-13(4)10-11-6-7-11/h11H,6-10H2,1-5H3. The van der Waals surface area contributed by atoms with Crippen LogP contribution in [0.5, 0.6) is 0 Å². The van der Waals surface area contributed by atoms with Crippen molar-refractivity contribution in [3.63, 3.8) is 0 Å². The lowest BCUT2D eigenvalue weighted by molar-refractivity contribution is 0.153. The maximum atomic E-state index is 2.47. The Balaban J connectivity index is 2.11. The summed E-state index contributed by atoms with van der Waals surface area (Å²) in [5, 5.41) is 0. The third-order valence-corrected chi connectivity index (χ3v) is 3.23. The first-order valence-electron chi connectivity index (χ1n) is 5.79. The van der Waals surface area contributed by atoms with Gasteiger partial charge in [-0.1, -0.05) is 0 Å². The Morgan fingerprint density at radius 3 is 2.07 bits per heavy atom. The van der Waals surface area contributed by atoms with Crippen LogP contribution in [0.1, 0.15) is 33.6 Å². The SMILES string of the molecule is CN(CCN(C)C(C)(C)C)CC1CC1. The van der Waals surface area contributed by atoms with Gasteiger partial charge in [0.1, 0.15) is 0 Å². The second kappa shape index (κ2) is 4.63. The Labute approximate surface area is 89.3 Å². The molecule has 0 N–H and O–H groups in total. The lowest BCUT2D eigenvalue weighted by Gasteiger charge is -2.33. The first-order valence-corrected chi connectivity index (χ1v) is 5.79. The molecular weight excluding hydrogens is 172 g/mol. The molecule has 0 radical (unpaired) electrons. The van der Waals surface area contributed by atoms with Gasteiger partial charge in [-0.2, -0.15) is 0 Å². The monoisotopic (exact) mass is 198 g/mol. The Morgan fingerprint density at radius 2 is 1.64 bits per heavy atom. The van der Waals surface area contributed by atoms with E-state index in [1.165, 1.54) is 32.5 Å². The summed E-state index contributed by atoms with van der Waals surface area (Å²) in [6, 6.07) is 0. The molecule has 2 heteroatoms. The highest BCUT2D eigenvalue weighted by atomic mass is 15.2. The molecule has 84 valence electrons. The van der Waals surface area contributed by atoms with Crippen molar-refractivity contribution in [1.82, 2.24) is 9.80 Å². The summed E-state index contributed by atoms with van der Waals surface area (Å²) in [4.78, 5) is 4.90. The number of nitrogens with zero attached hydrogens (tertiary/aromatic N) is 2. The molecule has 0 aromatic heterocycles. The average Bonchev–Trinajstić information content (AvgIpc) is 2.82. The van der Waals surface area contributed by atoms with E-state index in [4.69, 9.17) is 0 Å². The Hall–Kier alpha value is -0.0800. The minimum atomic E-state index is 0.306. The predicted octanol–water partition coefficient (Wildman–Crippen LogP) is 2.06. The largest absolute Gasteiger partial charge is 0.305 e. The molecule has 0 saturated heterocycles. The quantitative estimate of drug-likeness (QED) is 0.667. The molecule has 0 heterocycles. The van der Waals surface area contributed by atoms with Crippen LogP contribution in [0.15, 0.2) is 0 Å². The molecule has 1 fully saturated rings. The topological polar surface area (TPSA) is 6.48 Å². The van der Waals surface area contributed by atoms with E-state index in [1.54, 1.807) is 0 Å². The summed E-state index contributed by atoms with van der Waals surface area (Å²) < 4.78 is 0. The van der Waals surface area contributed by atoms with Crippen LogP contribution in [-0.4, -0.2) is 49.1 Å². The van der Waals surface area contributed by atoms with Gasteiger partial charge in [-0.25, -0.2) is 0 Å². The third kappa shape index (κ3) is 4.43. The highest BCUT2D eigenvalue weighted by molar-refractivity contribution is 4.77. The van der Waals surface area contributed by atoms with Crippen LogP contribution in [0, 0.1) is 5.92 Å². The number of rotatable bonds is 5. The van der Waals surface area contributed by atoms with Crippen LogP contribution in [-0.2, 0) is 0 Å². The second-order valence-electron chi connectivity index (χ2n) is 5.80. The molecule has 14 heavy (non-hydrogen) atoms. The minimum Gasteiger partial charge on any atom is -0.305 e. The van der Waals surface area contributed by atoms with Gasteiger partial charge in [0.2, 0.25) is 0 Å². The minimum absolute atomic E-state index is 0.306. The Morgan fingerprint density at radius 1 is 1.07 bits per heavy atom. The van der Waals surface area contributed by atoms with E-state index in [0.717, 1.165) is 5.92 Å². The Bertz CT molecular complexity index is 168. The molecular formula is C12H26N2. The van der Waals surface area contributed by atoms with Crippen molar-refractivity contribution < 1.29 is 0 Å². The zero-order chi connectivity index (χ0) is 10.8. The molecule has 1 aliphatic carbocycles. The zero-order valence-corrected chi connectivity index (χ0v) is 10.5. The van der Waals surface area contributed by atoms with Gasteiger partial charge < -0.3 is 9.80 Å². The molecule has 0 aromatic rings. The van der Waals surface area contributed by atoms with Crippen LogP contribution in [0.25, 0.3) is 0 Å². The number of hydrogen-bond donors (Lipinski definition) is 0. The van der Waals surface area contributed by atoms with Crippen molar-refractivity contribution in [3.05, 3.63) is 0 Å². The van der Waals surface area contributed by atoms with Gasteiger partial charge in [0.15, 0.2) is 0 Å². The summed E-state index contributed by atoms with van der Waals surface area (Å²) in [7, 11) is 4.46. The molecule has 1 rings (SSSR count).